The van der Waals surface area contributed by atoms with Crippen LogP contribution in [0.1, 0.15) is 24.2 Å². The quantitative estimate of drug-likeness (QED) is 0.881. The molecular formula is C13H15F2N3O2. The zero-order chi connectivity index (χ0) is 14.5. The number of ether oxygens (including phenoxy) is 1. The summed E-state index contributed by atoms with van der Waals surface area (Å²) in [6, 6.07) is 2.48. The zero-order valence-corrected chi connectivity index (χ0v) is 11.2. The molecule has 1 aromatic carbocycles. The minimum absolute atomic E-state index is 0.155. The van der Waals surface area contributed by atoms with Crippen molar-refractivity contribution in [1.29, 1.82) is 0 Å². The number of aromatic nitrogens is 2. The second kappa shape index (κ2) is 6.42. The predicted octanol–water partition coefficient (Wildman–Crippen LogP) is 2.34. The molecule has 0 amide bonds. The Kier molecular flexibility index (Phi) is 4.62. The van der Waals surface area contributed by atoms with Crippen LogP contribution in [0.4, 0.5) is 8.78 Å². The number of halogens is 2. The Hall–Kier alpha value is -2.02. The number of rotatable bonds is 6. The molecule has 0 unspecified atom stereocenters. The van der Waals surface area contributed by atoms with Crippen LogP contribution < -0.4 is 10.1 Å². The van der Waals surface area contributed by atoms with Gasteiger partial charge < -0.3 is 14.6 Å². The summed E-state index contributed by atoms with van der Waals surface area (Å²) in [5.74, 6) is -1.34. The van der Waals surface area contributed by atoms with E-state index < -0.39 is 17.4 Å². The van der Waals surface area contributed by atoms with Gasteiger partial charge in [0.05, 0.1) is 0 Å². The van der Waals surface area contributed by atoms with Crippen molar-refractivity contribution in [3.63, 3.8) is 0 Å². The topological polar surface area (TPSA) is 60.2 Å². The summed E-state index contributed by atoms with van der Waals surface area (Å²) in [7, 11) is 0. The minimum Gasteiger partial charge on any atom is -0.479 e. The van der Waals surface area contributed by atoms with Gasteiger partial charge in [-0.25, -0.2) is 8.78 Å². The average molecular weight is 283 g/mol. The van der Waals surface area contributed by atoms with Crippen molar-refractivity contribution >= 4 is 0 Å². The Morgan fingerprint density at radius 3 is 2.55 bits per heavy atom. The molecule has 0 aliphatic carbocycles. The molecule has 0 saturated heterocycles. The molecule has 0 aliphatic heterocycles. The number of hydrogen-bond acceptors (Lipinski definition) is 5. The second-order valence-corrected chi connectivity index (χ2v) is 4.19. The van der Waals surface area contributed by atoms with E-state index in [2.05, 4.69) is 15.5 Å². The van der Waals surface area contributed by atoms with Gasteiger partial charge >= 0.3 is 0 Å². The molecule has 0 aliphatic rings. The summed E-state index contributed by atoms with van der Waals surface area (Å²) < 4.78 is 37.4. The van der Waals surface area contributed by atoms with Crippen molar-refractivity contribution in [3.05, 3.63) is 41.0 Å². The maximum atomic E-state index is 13.8. The van der Waals surface area contributed by atoms with Gasteiger partial charge in [0.15, 0.2) is 24.0 Å². The van der Waals surface area contributed by atoms with Gasteiger partial charge in [-0.1, -0.05) is 12.1 Å². The smallest absolute Gasteiger partial charge is 0.223 e. The lowest BCUT2D eigenvalue weighted by Crippen LogP contribution is -2.12. The molecule has 0 bridgehead atoms. The van der Waals surface area contributed by atoms with Gasteiger partial charge in [0.25, 0.3) is 0 Å². The summed E-state index contributed by atoms with van der Waals surface area (Å²) in [5, 5.41) is 6.57. The molecule has 7 heteroatoms. The molecular weight excluding hydrogens is 268 g/mol. The monoisotopic (exact) mass is 283 g/mol. The summed E-state index contributed by atoms with van der Waals surface area (Å²) in [6.07, 6.45) is 0. The highest BCUT2D eigenvalue weighted by Gasteiger charge is 2.14. The summed E-state index contributed by atoms with van der Waals surface area (Å²) in [6.45, 7) is 4.50. The molecule has 2 rings (SSSR count). The largest absolute Gasteiger partial charge is 0.479 e. The van der Waals surface area contributed by atoms with E-state index in [-0.39, 0.29) is 12.4 Å². The molecule has 0 atom stereocenters. The molecule has 1 aromatic heterocycles. The van der Waals surface area contributed by atoms with Crippen LogP contribution in [-0.2, 0) is 13.2 Å². The van der Waals surface area contributed by atoms with Crippen molar-refractivity contribution in [3.8, 4) is 5.75 Å². The van der Waals surface area contributed by atoms with Crippen molar-refractivity contribution in [2.24, 2.45) is 0 Å². The lowest BCUT2D eigenvalue weighted by Gasteiger charge is -2.09. The van der Waals surface area contributed by atoms with E-state index in [0.717, 1.165) is 6.54 Å². The highest BCUT2D eigenvalue weighted by atomic mass is 19.1. The van der Waals surface area contributed by atoms with E-state index in [4.69, 9.17) is 9.26 Å². The number of aryl methyl sites for hydroxylation is 1. The molecule has 1 N–H and O–H groups in total. The van der Waals surface area contributed by atoms with Crippen LogP contribution in [0.3, 0.4) is 0 Å². The minimum atomic E-state index is -0.752. The molecule has 0 fully saturated rings. The van der Waals surface area contributed by atoms with Gasteiger partial charge in [-0.05, 0) is 24.2 Å². The van der Waals surface area contributed by atoms with Gasteiger partial charge in [0.1, 0.15) is 0 Å². The van der Waals surface area contributed by atoms with E-state index in [9.17, 15) is 8.78 Å². The van der Waals surface area contributed by atoms with Gasteiger partial charge in [0.2, 0.25) is 11.7 Å². The highest BCUT2D eigenvalue weighted by molar-refractivity contribution is 5.31. The second-order valence-electron chi connectivity index (χ2n) is 4.19. The summed E-state index contributed by atoms with van der Waals surface area (Å²) in [4.78, 5) is 3.89. The molecule has 20 heavy (non-hydrogen) atoms. The average Bonchev–Trinajstić information content (AvgIpc) is 2.81. The third-order valence-electron chi connectivity index (χ3n) is 2.55. The third kappa shape index (κ3) is 3.51. The van der Waals surface area contributed by atoms with Crippen LogP contribution in [0, 0.1) is 18.6 Å². The number of nitrogens with one attached hydrogen (secondary N) is 1. The molecule has 0 radical (unpaired) electrons. The molecule has 2 aromatic rings. The van der Waals surface area contributed by atoms with Crippen LogP contribution in [0.25, 0.3) is 0 Å². The van der Waals surface area contributed by atoms with Crippen LogP contribution in [-0.4, -0.2) is 16.7 Å². The van der Waals surface area contributed by atoms with Crippen LogP contribution in [0.15, 0.2) is 16.7 Å². The first kappa shape index (κ1) is 14.4. The zero-order valence-electron chi connectivity index (χ0n) is 11.2. The van der Waals surface area contributed by atoms with Gasteiger partial charge in [0, 0.05) is 13.5 Å². The first-order valence-electron chi connectivity index (χ1n) is 6.20. The first-order valence-corrected chi connectivity index (χ1v) is 6.20. The predicted molar refractivity (Wildman–Crippen MR) is 67.1 cm³/mol. The van der Waals surface area contributed by atoms with Crippen molar-refractivity contribution in [1.82, 2.24) is 15.5 Å². The van der Waals surface area contributed by atoms with E-state index in [0.29, 0.717) is 18.0 Å². The Morgan fingerprint density at radius 2 is 2.00 bits per heavy atom. The lowest BCUT2D eigenvalue weighted by molar-refractivity contribution is 0.259. The fourth-order valence-corrected chi connectivity index (χ4v) is 1.66. The van der Waals surface area contributed by atoms with E-state index in [1.165, 1.54) is 12.1 Å². The van der Waals surface area contributed by atoms with Crippen molar-refractivity contribution in [2.45, 2.75) is 27.0 Å². The maximum Gasteiger partial charge on any atom is 0.223 e. The van der Waals surface area contributed by atoms with Crippen molar-refractivity contribution < 1.29 is 18.0 Å². The third-order valence-corrected chi connectivity index (χ3v) is 2.55. The first-order chi connectivity index (χ1) is 9.60. The highest BCUT2D eigenvalue weighted by Crippen LogP contribution is 2.24. The van der Waals surface area contributed by atoms with E-state index >= 15 is 0 Å². The molecule has 108 valence electrons. The summed E-state index contributed by atoms with van der Waals surface area (Å²) >= 11 is 0. The molecule has 1 heterocycles. The van der Waals surface area contributed by atoms with Gasteiger partial charge in [-0.2, -0.15) is 4.98 Å². The molecule has 0 saturated carbocycles. The van der Waals surface area contributed by atoms with E-state index in [1.54, 1.807) is 6.92 Å². The Labute approximate surface area is 114 Å². The Bertz CT molecular complexity index is 564. The normalized spacial score (nSPS) is 10.8. The number of benzene rings is 1. The van der Waals surface area contributed by atoms with Crippen LogP contribution in [0.5, 0.6) is 5.75 Å². The Morgan fingerprint density at radius 1 is 1.30 bits per heavy atom. The fourth-order valence-electron chi connectivity index (χ4n) is 1.66. The van der Waals surface area contributed by atoms with Gasteiger partial charge in [-0.3, -0.25) is 0 Å². The lowest BCUT2D eigenvalue weighted by atomic mass is 10.2. The fraction of sp³-hybridized carbons (Fsp3) is 0.385. The van der Waals surface area contributed by atoms with Crippen LogP contribution >= 0.6 is 0 Å². The standard InChI is InChI=1S/C13H15F2N3O2/c1-3-16-6-9-4-10(14)13(11(15)5-9)19-7-12-17-8(2)20-18-12/h4-5,16H,3,6-7H2,1-2H3. The number of nitrogens with zero attached hydrogens (tertiary/aromatic N) is 2. The van der Waals surface area contributed by atoms with E-state index in [1.807, 2.05) is 6.92 Å². The maximum absolute atomic E-state index is 13.8. The van der Waals surface area contributed by atoms with Crippen molar-refractivity contribution in [2.75, 3.05) is 6.54 Å². The van der Waals surface area contributed by atoms with Crippen LogP contribution in [0.2, 0.25) is 0 Å². The molecule has 0 spiro atoms. The summed E-state index contributed by atoms with van der Waals surface area (Å²) in [5.41, 5.74) is 0.518. The molecule has 5 nitrogen and oxygen atoms in total. The van der Waals surface area contributed by atoms with Gasteiger partial charge in [-0.15, -0.1) is 0 Å². The Balaban J connectivity index is 2.07. The SMILES string of the molecule is CCNCc1cc(F)c(OCc2noc(C)n2)c(F)c1. The number of hydrogen-bond donors (Lipinski definition) is 1.